The van der Waals surface area contributed by atoms with Gasteiger partial charge in [0.15, 0.2) is 0 Å². The fourth-order valence-electron chi connectivity index (χ4n) is 4.35. The van der Waals surface area contributed by atoms with Gasteiger partial charge in [0.2, 0.25) is 17.7 Å². The third kappa shape index (κ3) is 8.31. The van der Waals surface area contributed by atoms with Crippen molar-refractivity contribution in [1.82, 2.24) is 20.9 Å². The number of hydrogen-bond acceptors (Lipinski definition) is 6. The van der Waals surface area contributed by atoms with Crippen LogP contribution < -0.4 is 21.7 Å². The summed E-state index contributed by atoms with van der Waals surface area (Å²) in [5.41, 5.74) is 7.97. The fourth-order valence-corrected chi connectivity index (χ4v) is 4.35. The molecule has 8 N–H and O–H groups in total. The van der Waals surface area contributed by atoms with Crippen LogP contribution in [0.2, 0.25) is 0 Å². The maximum Gasteiger partial charge on any atom is 0.326 e. The maximum atomic E-state index is 13.6. The molecule has 4 atom stereocenters. The molecule has 0 saturated carbocycles. The van der Waals surface area contributed by atoms with Crippen molar-refractivity contribution in [3.8, 4) is 5.75 Å². The molecule has 4 unspecified atom stereocenters. The van der Waals surface area contributed by atoms with E-state index in [2.05, 4.69) is 20.9 Å². The molecule has 214 valence electrons. The molecule has 3 rings (SSSR count). The minimum absolute atomic E-state index is 0.00575. The highest BCUT2D eigenvalue weighted by Gasteiger charge is 2.31. The number of benzene rings is 2. The lowest BCUT2D eigenvalue weighted by molar-refractivity contribution is -0.142. The minimum atomic E-state index is -1.17. The van der Waals surface area contributed by atoms with Gasteiger partial charge in [0, 0.05) is 29.9 Å². The van der Waals surface area contributed by atoms with Gasteiger partial charge in [-0.15, -0.1) is 0 Å². The van der Waals surface area contributed by atoms with Crippen molar-refractivity contribution in [3.63, 3.8) is 0 Å². The van der Waals surface area contributed by atoms with Crippen LogP contribution in [0.15, 0.2) is 54.7 Å². The smallest absolute Gasteiger partial charge is 0.326 e. The molecule has 0 aliphatic carbocycles. The van der Waals surface area contributed by atoms with Crippen LogP contribution in [0.1, 0.15) is 38.3 Å². The number of nitrogens with two attached hydrogens (primary N) is 1. The second kappa shape index (κ2) is 13.6. The van der Waals surface area contributed by atoms with E-state index in [4.69, 9.17) is 5.73 Å². The van der Waals surface area contributed by atoms with E-state index in [0.29, 0.717) is 5.56 Å². The lowest BCUT2D eigenvalue weighted by Gasteiger charge is -2.25. The predicted octanol–water partition coefficient (Wildman–Crippen LogP) is 1.59. The number of carboxylic acid groups (broad SMARTS) is 1. The molecule has 2 aromatic carbocycles. The Morgan fingerprint density at radius 3 is 2.00 bits per heavy atom. The Bertz CT molecular complexity index is 1330. The Balaban J connectivity index is 1.90. The van der Waals surface area contributed by atoms with Crippen LogP contribution in [0.25, 0.3) is 10.9 Å². The second-order valence-electron chi connectivity index (χ2n) is 10.4. The van der Waals surface area contributed by atoms with E-state index in [-0.39, 0.29) is 30.9 Å². The number of fused-ring (bicyclic) bond motifs is 1. The average Bonchev–Trinajstić information content (AvgIpc) is 3.31. The number of carbonyl (C=O) groups excluding carboxylic acids is 3. The van der Waals surface area contributed by atoms with Gasteiger partial charge in [-0.1, -0.05) is 44.2 Å². The number of amides is 3. The number of phenolic OH excluding ortho intramolecular Hbond substituents is 1. The first-order chi connectivity index (χ1) is 18.9. The lowest BCUT2D eigenvalue weighted by Crippen LogP contribution is -2.58. The van der Waals surface area contributed by atoms with Crippen molar-refractivity contribution in [2.75, 3.05) is 0 Å². The molecule has 3 amide bonds. The van der Waals surface area contributed by atoms with E-state index in [0.717, 1.165) is 16.5 Å². The van der Waals surface area contributed by atoms with Crippen LogP contribution in [0.3, 0.4) is 0 Å². The molecule has 11 heteroatoms. The Hall–Kier alpha value is -4.38. The minimum Gasteiger partial charge on any atom is -0.508 e. The number of aromatic hydroxyl groups is 1. The number of hydrogen-bond donors (Lipinski definition) is 7. The van der Waals surface area contributed by atoms with Gasteiger partial charge in [-0.05, 0) is 48.6 Å². The fraction of sp³-hybridized carbons (Fsp3) is 0.379. The number of para-hydroxylation sites is 1. The SMILES string of the molecule is CC(C)CC(NC(=O)C(Cc1c[nH]c2ccccc12)NC(=O)C(Cc1ccc(O)cc1)NC(=O)C(C)N)C(=O)O. The summed E-state index contributed by atoms with van der Waals surface area (Å²) < 4.78 is 0. The van der Waals surface area contributed by atoms with Crippen molar-refractivity contribution in [2.45, 2.75) is 64.2 Å². The first-order valence-corrected chi connectivity index (χ1v) is 13.2. The number of aromatic amines is 1. The van der Waals surface area contributed by atoms with Crippen LogP contribution in [-0.2, 0) is 32.0 Å². The zero-order valence-electron chi connectivity index (χ0n) is 22.8. The molecule has 0 fully saturated rings. The normalized spacial score (nSPS) is 14.2. The van der Waals surface area contributed by atoms with E-state index in [1.165, 1.54) is 19.1 Å². The van der Waals surface area contributed by atoms with Crippen LogP contribution in [0.4, 0.5) is 0 Å². The van der Waals surface area contributed by atoms with Crippen molar-refractivity contribution in [3.05, 3.63) is 65.9 Å². The number of carboxylic acids is 1. The van der Waals surface area contributed by atoms with Crippen LogP contribution >= 0.6 is 0 Å². The Kier molecular flexibility index (Phi) is 10.3. The molecule has 0 radical (unpaired) electrons. The molecule has 0 aliphatic heterocycles. The van der Waals surface area contributed by atoms with Crippen molar-refractivity contribution in [1.29, 1.82) is 0 Å². The molecule has 3 aromatic rings. The maximum absolute atomic E-state index is 13.6. The highest BCUT2D eigenvalue weighted by Crippen LogP contribution is 2.20. The van der Waals surface area contributed by atoms with E-state index in [9.17, 15) is 29.4 Å². The van der Waals surface area contributed by atoms with Crippen molar-refractivity contribution < 1.29 is 29.4 Å². The molecule has 0 spiro atoms. The number of aliphatic carboxylic acids is 1. The highest BCUT2D eigenvalue weighted by atomic mass is 16.4. The van der Waals surface area contributed by atoms with E-state index < -0.39 is 47.9 Å². The third-order valence-electron chi connectivity index (χ3n) is 6.48. The number of aromatic nitrogens is 1. The number of carbonyl (C=O) groups is 4. The summed E-state index contributed by atoms with van der Waals surface area (Å²) in [7, 11) is 0. The number of rotatable bonds is 13. The number of H-pyrrole nitrogens is 1. The molecular weight excluding hydrogens is 514 g/mol. The summed E-state index contributed by atoms with van der Waals surface area (Å²) in [6.07, 6.45) is 2.09. The topological polar surface area (TPSA) is 187 Å². The first kappa shape index (κ1) is 30.2. The van der Waals surface area contributed by atoms with Gasteiger partial charge in [-0.3, -0.25) is 14.4 Å². The summed E-state index contributed by atoms with van der Waals surface area (Å²) in [5, 5.41) is 28.1. The highest BCUT2D eigenvalue weighted by molar-refractivity contribution is 5.95. The Labute approximate surface area is 232 Å². The van der Waals surface area contributed by atoms with Gasteiger partial charge < -0.3 is 36.9 Å². The predicted molar refractivity (Wildman–Crippen MR) is 150 cm³/mol. The van der Waals surface area contributed by atoms with Gasteiger partial charge >= 0.3 is 5.97 Å². The van der Waals surface area contributed by atoms with E-state index in [1.54, 1.807) is 18.3 Å². The summed E-state index contributed by atoms with van der Waals surface area (Å²) in [4.78, 5) is 54.4. The Morgan fingerprint density at radius 1 is 0.825 bits per heavy atom. The number of phenols is 1. The van der Waals surface area contributed by atoms with Gasteiger partial charge in [-0.2, -0.15) is 0 Å². The molecular formula is C29H37N5O6. The molecule has 11 nitrogen and oxygen atoms in total. The van der Waals surface area contributed by atoms with Crippen LogP contribution in [-0.4, -0.2) is 63.1 Å². The average molecular weight is 552 g/mol. The zero-order valence-corrected chi connectivity index (χ0v) is 22.8. The van der Waals surface area contributed by atoms with Crippen LogP contribution in [0, 0.1) is 5.92 Å². The molecule has 0 aliphatic rings. The van der Waals surface area contributed by atoms with Crippen molar-refractivity contribution >= 4 is 34.6 Å². The second-order valence-corrected chi connectivity index (χ2v) is 10.4. The van der Waals surface area contributed by atoms with Crippen LogP contribution in [0.5, 0.6) is 5.75 Å². The summed E-state index contributed by atoms with van der Waals surface area (Å²) in [6.45, 7) is 5.18. The Morgan fingerprint density at radius 2 is 1.40 bits per heavy atom. The first-order valence-electron chi connectivity index (χ1n) is 13.2. The molecule has 0 saturated heterocycles. The largest absolute Gasteiger partial charge is 0.508 e. The van der Waals surface area contributed by atoms with Gasteiger partial charge in [-0.25, -0.2) is 4.79 Å². The van der Waals surface area contributed by atoms with E-state index in [1.807, 2.05) is 38.1 Å². The van der Waals surface area contributed by atoms with Gasteiger partial charge in [0.05, 0.1) is 6.04 Å². The quantitative estimate of drug-likeness (QED) is 0.168. The molecule has 40 heavy (non-hydrogen) atoms. The van der Waals surface area contributed by atoms with E-state index >= 15 is 0 Å². The molecule has 1 aromatic heterocycles. The standard InChI is InChI=1S/C29H37N5O6/c1-16(2)12-25(29(39)40)34-28(38)24(14-19-15-31-22-7-5-4-6-21(19)22)33-27(37)23(32-26(36)17(3)30)13-18-8-10-20(35)11-9-18/h4-11,15-17,23-25,31,35H,12-14,30H2,1-3H3,(H,32,36)(H,33,37)(H,34,38)(H,39,40). The third-order valence-corrected chi connectivity index (χ3v) is 6.48. The summed E-state index contributed by atoms with van der Waals surface area (Å²) in [5.74, 6) is -2.97. The zero-order chi connectivity index (χ0) is 29.4. The monoisotopic (exact) mass is 551 g/mol. The summed E-state index contributed by atoms with van der Waals surface area (Å²) in [6, 6.07) is 9.40. The molecule has 1 heterocycles. The van der Waals surface area contributed by atoms with Gasteiger partial charge in [0.1, 0.15) is 23.9 Å². The van der Waals surface area contributed by atoms with Crippen molar-refractivity contribution in [2.24, 2.45) is 11.7 Å². The van der Waals surface area contributed by atoms with Gasteiger partial charge in [0.25, 0.3) is 0 Å². The summed E-state index contributed by atoms with van der Waals surface area (Å²) >= 11 is 0. The lowest BCUT2D eigenvalue weighted by atomic mass is 10.00. The molecule has 0 bridgehead atoms. The number of nitrogens with one attached hydrogen (secondary N) is 4.